The van der Waals surface area contributed by atoms with Crippen LogP contribution in [0, 0.1) is 0 Å². The van der Waals surface area contributed by atoms with Gasteiger partial charge in [-0.05, 0) is 26.0 Å². The quantitative estimate of drug-likeness (QED) is 0.719. The average Bonchev–Trinajstić information content (AvgIpc) is 2.31. The zero-order valence-corrected chi connectivity index (χ0v) is 10.4. The molecule has 1 unspecified atom stereocenters. The highest BCUT2D eigenvalue weighted by Crippen LogP contribution is 2.20. The lowest BCUT2D eigenvalue weighted by atomic mass is 10.1. The smallest absolute Gasteiger partial charge is 0.0678 e. The summed E-state index contributed by atoms with van der Waals surface area (Å²) in [5, 5.41) is 0. The molecule has 0 N–H and O–H groups in total. The van der Waals surface area contributed by atoms with Crippen molar-refractivity contribution in [3.8, 4) is 0 Å². The summed E-state index contributed by atoms with van der Waals surface area (Å²) in [7, 11) is 3.98. The molecule has 1 heterocycles. The fourth-order valence-corrected chi connectivity index (χ4v) is 2.50. The number of nitrogens with zero attached hydrogens (tertiary/aromatic N) is 2. The maximum Gasteiger partial charge on any atom is 0.0678 e. The van der Waals surface area contributed by atoms with Gasteiger partial charge >= 0.3 is 0 Å². The number of hydrogen-bond donors (Lipinski definition) is 0. The zero-order chi connectivity index (χ0) is 11.4. The Morgan fingerprint density at radius 2 is 2.25 bits per heavy atom. The van der Waals surface area contributed by atoms with Gasteiger partial charge in [-0.15, -0.1) is 0 Å². The first-order chi connectivity index (χ1) is 7.81. The fourth-order valence-electron chi connectivity index (χ4n) is 2.50. The summed E-state index contributed by atoms with van der Waals surface area (Å²) in [6.45, 7) is 4.17. The van der Waals surface area contributed by atoms with Crippen LogP contribution in [-0.4, -0.2) is 56.2 Å². The molecular weight excluding hydrogens is 200 g/mol. The zero-order valence-electron chi connectivity index (χ0n) is 10.4. The van der Waals surface area contributed by atoms with Crippen LogP contribution in [0.15, 0.2) is 23.9 Å². The van der Waals surface area contributed by atoms with Gasteiger partial charge in [0.15, 0.2) is 0 Å². The Labute approximate surface area is 98.4 Å². The lowest BCUT2D eigenvalue weighted by Crippen LogP contribution is -2.52. The highest BCUT2D eigenvalue weighted by atomic mass is 16.5. The SMILES string of the molecule is COCC1CN(C)CCN1C1=CCCC=C1. The standard InChI is InChI=1S/C13H22N2O/c1-14-8-9-15(13(10-14)11-16-2)12-6-4-3-5-7-12/h4,6-7,13H,3,5,8-11H2,1-2H3. The van der Waals surface area contributed by atoms with Crippen molar-refractivity contribution < 1.29 is 4.74 Å². The Hall–Kier alpha value is -0.800. The molecule has 0 aromatic heterocycles. The number of ether oxygens (including phenoxy) is 1. The maximum atomic E-state index is 5.33. The molecule has 0 radical (unpaired) electrons. The van der Waals surface area contributed by atoms with Gasteiger partial charge < -0.3 is 14.5 Å². The van der Waals surface area contributed by atoms with Gasteiger partial charge in [-0.25, -0.2) is 0 Å². The minimum atomic E-state index is 0.498. The number of hydrogen-bond acceptors (Lipinski definition) is 3. The van der Waals surface area contributed by atoms with Gasteiger partial charge in [-0.3, -0.25) is 0 Å². The summed E-state index contributed by atoms with van der Waals surface area (Å²) in [4.78, 5) is 4.88. The van der Waals surface area contributed by atoms with E-state index in [-0.39, 0.29) is 0 Å². The van der Waals surface area contributed by atoms with Crippen molar-refractivity contribution in [1.29, 1.82) is 0 Å². The van der Waals surface area contributed by atoms with Crippen LogP contribution in [0.4, 0.5) is 0 Å². The molecule has 1 saturated heterocycles. The highest BCUT2D eigenvalue weighted by molar-refractivity contribution is 5.22. The summed E-state index contributed by atoms with van der Waals surface area (Å²) in [6, 6.07) is 0.498. The van der Waals surface area contributed by atoms with Crippen LogP contribution >= 0.6 is 0 Å². The van der Waals surface area contributed by atoms with E-state index in [1.807, 2.05) is 0 Å². The lowest BCUT2D eigenvalue weighted by molar-refractivity contribution is 0.0567. The Morgan fingerprint density at radius 1 is 1.38 bits per heavy atom. The number of rotatable bonds is 3. The molecule has 0 bridgehead atoms. The Balaban J connectivity index is 2.05. The number of piperazine rings is 1. The predicted octanol–water partition coefficient (Wildman–Crippen LogP) is 1.48. The van der Waals surface area contributed by atoms with E-state index < -0.39 is 0 Å². The van der Waals surface area contributed by atoms with Crippen molar-refractivity contribution in [3.05, 3.63) is 23.9 Å². The van der Waals surface area contributed by atoms with E-state index in [2.05, 4.69) is 35.1 Å². The van der Waals surface area contributed by atoms with Crippen molar-refractivity contribution in [2.75, 3.05) is 40.4 Å². The molecule has 90 valence electrons. The fraction of sp³-hybridized carbons (Fsp3) is 0.692. The molecule has 1 aliphatic carbocycles. The minimum Gasteiger partial charge on any atom is -0.383 e. The van der Waals surface area contributed by atoms with Crippen LogP contribution in [0.3, 0.4) is 0 Å². The van der Waals surface area contributed by atoms with Crippen LogP contribution in [0.2, 0.25) is 0 Å². The first-order valence-electron chi connectivity index (χ1n) is 6.12. The summed E-state index contributed by atoms with van der Waals surface area (Å²) in [5.41, 5.74) is 1.39. The van der Waals surface area contributed by atoms with Gasteiger partial charge in [0.2, 0.25) is 0 Å². The summed E-state index contributed by atoms with van der Waals surface area (Å²) in [5.74, 6) is 0. The molecule has 3 nitrogen and oxygen atoms in total. The molecule has 2 rings (SSSR count). The topological polar surface area (TPSA) is 15.7 Å². The second kappa shape index (κ2) is 5.51. The van der Waals surface area contributed by atoms with Crippen LogP contribution < -0.4 is 0 Å². The van der Waals surface area contributed by atoms with Crippen LogP contribution in [0.25, 0.3) is 0 Å². The van der Waals surface area contributed by atoms with Crippen molar-refractivity contribution in [2.45, 2.75) is 18.9 Å². The molecule has 0 aromatic rings. The van der Waals surface area contributed by atoms with Crippen LogP contribution in [-0.2, 0) is 4.74 Å². The molecule has 2 aliphatic rings. The van der Waals surface area contributed by atoms with Gasteiger partial charge in [-0.2, -0.15) is 0 Å². The van der Waals surface area contributed by atoms with Gasteiger partial charge in [-0.1, -0.05) is 12.2 Å². The largest absolute Gasteiger partial charge is 0.383 e. The monoisotopic (exact) mass is 222 g/mol. The number of methoxy groups -OCH3 is 1. The number of likely N-dealkylation sites (N-methyl/N-ethyl adjacent to an activating group) is 1. The van der Waals surface area contributed by atoms with Crippen molar-refractivity contribution in [2.24, 2.45) is 0 Å². The van der Waals surface area contributed by atoms with E-state index in [4.69, 9.17) is 4.74 Å². The third-order valence-corrected chi connectivity index (χ3v) is 3.35. The normalized spacial score (nSPS) is 27.0. The van der Waals surface area contributed by atoms with Crippen molar-refractivity contribution in [1.82, 2.24) is 9.80 Å². The maximum absolute atomic E-state index is 5.33. The van der Waals surface area contributed by atoms with E-state index in [1.165, 1.54) is 18.5 Å². The Bertz CT molecular complexity index is 286. The molecule has 0 saturated carbocycles. The van der Waals surface area contributed by atoms with Crippen LogP contribution in [0.1, 0.15) is 12.8 Å². The Kier molecular flexibility index (Phi) is 4.02. The third-order valence-electron chi connectivity index (χ3n) is 3.35. The first-order valence-corrected chi connectivity index (χ1v) is 6.12. The summed E-state index contributed by atoms with van der Waals surface area (Å²) >= 11 is 0. The van der Waals surface area contributed by atoms with Gasteiger partial charge in [0.05, 0.1) is 12.6 Å². The lowest BCUT2D eigenvalue weighted by Gasteiger charge is -2.42. The molecule has 0 aromatic carbocycles. The predicted molar refractivity (Wildman–Crippen MR) is 66.3 cm³/mol. The van der Waals surface area contributed by atoms with E-state index in [0.29, 0.717) is 6.04 Å². The molecule has 1 atom stereocenters. The highest BCUT2D eigenvalue weighted by Gasteiger charge is 2.25. The first kappa shape index (κ1) is 11.7. The Morgan fingerprint density at radius 3 is 2.94 bits per heavy atom. The number of allylic oxidation sites excluding steroid dienone is 3. The summed E-state index contributed by atoms with van der Waals surface area (Å²) < 4.78 is 5.33. The van der Waals surface area contributed by atoms with E-state index >= 15 is 0 Å². The van der Waals surface area contributed by atoms with Gasteiger partial charge in [0.1, 0.15) is 0 Å². The van der Waals surface area contributed by atoms with Crippen molar-refractivity contribution >= 4 is 0 Å². The molecule has 1 aliphatic heterocycles. The molecular formula is C13H22N2O. The third kappa shape index (κ3) is 2.66. The molecule has 3 heteroatoms. The van der Waals surface area contributed by atoms with Crippen LogP contribution in [0.5, 0.6) is 0 Å². The second-order valence-electron chi connectivity index (χ2n) is 4.67. The molecule has 0 amide bonds. The second-order valence-corrected chi connectivity index (χ2v) is 4.67. The molecule has 1 fully saturated rings. The van der Waals surface area contributed by atoms with Gasteiger partial charge in [0.25, 0.3) is 0 Å². The molecule has 0 spiro atoms. The van der Waals surface area contributed by atoms with E-state index in [9.17, 15) is 0 Å². The minimum absolute atomic E-state index is 0.498. The average molecular weight is 222 g/mol. The van der Waals surface area contributed by atoms with Gasteiger partial charge in [0, 0.05) is 32.4 Å². The summed E-state index contributed by atoms with van der Waals surface area (Å²) in [6.07, 6.45) is 9.26. The molecule has 16 heavy (non-hydrogen) atoms. The van der Waals surface area contributed by atoms with Crippen molar-refractivity contribution in [3.63, 3.8) is 0 Å². The van der Waals surface area contributed by atoms with E-state index in [0.717, 1.165) is 26.2 Å². The van der Waals surface area contributed by atoms with E-state index in [1.54, 1.807) is 7.11 Å².